The zero-order valence-corrected chi connectivity index (χ0v) is 12.1. The Balaban J connectivity index is 1.85. The van der Waals surface area contributed by atoms with Crippen LogP contribution in [-0.2, 0) is 0 Å². The molecule has 0 heterocycles. The molecule has 0 unspecified atom stereocenters. The van der Waals surface area contributed by atoms with Crippen LogP contribution in [0.25, 0.3) is 10.8 Å². The van der Waals surface area contributed by atoms with Gasteiger partial charge >= 0.3 is 6.03 Å². The number of aromatic hydroxyl groups is 1. The van der Waals surface area contributed by atoms with Gasteiger partial charge < -0.3 is 15.7 Å². The summed E-state index contributed by atoms with van der Waals surface area (Å²) < 4.78 is 0. The van der Waals surface area contributed by atoms with Crippen LogP contribution in [0.5, 0.6) is 5.75 Å². The van der Waals surface area contributed by atoms with E-state index >= 15 is 0 Å². The van der Waals surface area contributed by atoms with Crippen LogP contribution in [0.1, 0.15) is 5.56 Å². The maximum absolute atomic E-state index is 12.2. The van der Waals surface area contributed by atoms with Crippen molar-refractivity contribution in [1.29, 1.82) is 0 Å². The van der Waals surface area contributed by atoms with Crippen LogP contribution in [0.3, 0.4) is 0 Å². The molecule has 3 aromatic carbocycles. The van der Waals surface area contributed by atoms with Crippen molar-refractivity contribution in [2.75, 3.05) is 10.6 Å². The third kappa shape index (κ3) is 2.86. The standard InChI is InChI=1S/C18H16N2O2/c1-12-5-2-3-7-16(12)19-18(22)20-17-8-4-6-13-9-10-14(21)11-15(13)17/h2-11,21H,1H3,(H2,19,20,22). The van der Waals surface area contributed by atoms with Crippen molar-refractivity contribution in [3.63, 3.8) is 0 Å². The third-order valence-electron chi connectivity index (χ3n) is 3.51. The molecular formula is C18H16N2O2. The van der Waals surface area contributed by atoms with Gasteiger partial charge in [0.05, 0.1) is 5.69 Å². The Hall–Kier alpha value is -3.01. The van der Waals surface area contributed by atoms with Gasteiger partial charge in [-0.1, -0.05) is 36.4 Å². The highest BCUT2D eigenvalue weighted by Gasteiger charge is 2.07. The van der Waals surface area contributed by atoms with E-state index in [1.807, 2.05) is 49.4 Å². The molecule has 0 fully saturated rings. The zero-order valence-electron chi connectivity index (χ0n) is 12.1. The van der Waals surface area contributed by atoms with Crippen LogP contribution in [0, 0.1) is 6.92 Å². The van der Waals surface area contributed by atoms with E-state index in [0.29, 0.717) is 5.69 Å². The number of amides is 2. The first-order valence-corrected chi connectivity index (χ1v) is 6.99. The molecule has 0 atom stereocenters. The molecule has 0 radical (unpaired) electrons. The minimum Gasteiger partial charge on any atom is -0.508 e. The van der Waals surface area contributed by atoms with E-state index in [1.165, 1.54) is 0 Å². The second-order valence-corrected chi connectivity index (χ2v) is 5.11. The van der Waals surface area contributed by atoms with Crippen molar-refractivity contribution in [3.05, 3.63) is 66.2 Å². The SMILES string of the molecule is Cc1ccccc1NC(=O)Nc1cccc2ccc(O)cc12. The first-order valence-electron chi connectivity index (χ1n) is 6.99. The monoisotopic (exact) mass is 292 g/mol. The summed E-state index contributed by atoms with van der Waals surface area (Å²) in [7, 11) is 0. The molecule has 0 saturated heterocycles. The number of para-hydroxylation sites is 1. The maximum Gasteiger partial charge on any atom is 0.323 e. The summed E-state index contributed by atoms with van der Waals surface area (Å²) in [4.78, 5) is 12.2. The Morgan fingerprint density at radius 2 is 1.64 bits per heavy atom. The molecule has 110 valence electrons. The molecule has 3 N–H and O–H groups in total. The third-order valence-corrected chi connectivity index (χ3v) is 3.51. The quantitative estimate of drug-likeness (QED) is 0.651. The molecule has 0 aliphatic rings. The van der Waals surface area contributed by atoms with Gasteiger partial charge in [0.1, 0.15) is 5.75 Å². The van der Waals surface area contributed by atoms with E-state index in [9.17, 15) is 9.90 Å². The van der Waals surface area contributed by atoms with Gasteiger partial charge in [0, 0.05) is 11.1 Å². The lowest BCUT2D eigenvalue weighted by atomic mass is 10.1. The van der Waals surface area contributed by atoms with Crippen LogP contribution < -0.4 is 10.6 Å². The van der Waals surface area contributed by atoms with Gasteiger partial charge in [-0.25, -0.2) is 4.79 Å². The normalized spacial score (nSPS) is 10.4. The van der Waals surface area contributed by atoms with E-state index in [0.717, 1.165) is 22.0 Å². The van der Waals surface area contributed by atoms with Gasteiger partial charge in [-0.05, 0) is 42.1 Å². The Bertz CT molecular complexity index is 843. The number of nitrogens with one attached hydrogen (secondary N) is 2. The summed E-state index contributed by atoms with van der Waals surface area (Å²) in [5.41, 5.74) is 2.41. The lowest BCUT2D eigenvalue weighted by Gasteiger charge is -2.11. The number of benzene rings is 3. The predicted octanol–water partition coefficient (Wildman–Crippen LogP) is 4.50. The van der Waals surface area contributed by atoms with Crippen molar-refractivity contribution in [2.24, 2.45) is 0 Å². The second kappa shape index (κ2) is 5.77. The summed E-state index contributed by atoms with van der Waals surface area (Å²) in [6.07, 6.45) is 0. The van der Waals surface area contributed by atoms with Crippen LogP contribution >= 0.6 is 0 Å². The summed E-state index contributed by atoms with van der Waals surface area (Å²) in [5.74, 6) is 0.168. The van der Waals surface area contributed by atoms with Gasteiger partial charge in [0.15, 0.2) is 0 Å². The van der Waals surface area contributed by atoms with Gasteiger partial charge in [-0.15, -0.1) is 0 Å². The number of anilines is 2. The lowest BCUT2D eigenvalue weighted by Crippen LogP contribution is -2.20. The topological polar surface area (TPSA) is 61.4 Å². The van der Waals surface area contributed by atoms with Gasteiger partial charge in [-0.3, -0.25) is 0 Å². The minimum absolute atomic E-state index is 0.168. The zero-order chi connectivity index (χ0) is 15.5. The molecule has 0 spiro atoms. The molecule has 22 heavy (non-hydrogen) atoms. The molecule has 0 aliphatic carbocycles. The number of rotatable bonds is 2. The molecule has 0 saturated carbocycles. The van der Waals surface area contributed by atoms with Crippen molar-refractivity contribution in [1.82, 2.24) is 0 Å². The smallest absolute Gasteiger partial charge is 0.323 e. The number of fused-ring (bicyclic) bond motifs is 1. The first-order chi connectivity index (χ1) is 10.6. The average Bonchev–Trinajstić information content (AvgIpc) is 2.50. The van der Waals surface area contributed by atoms with E-state index < -0.39 is 0 Å². The number of hydrogen-bond donors (Lipinski definition) is 3. The molecule has 0 aliphatic heterocycles. The maximum atomic E-state index is 12.2. The molecule has 0 bridgehead atoms. The fraction of sp³-hybridized carbons (Fsp3) is 0.0556. The highest BCUT2D eigenvalue weighted by atomic mass is 16.3. The first kappa shape index (κ1) is 13.9. The number of carbonyl (C=O) groups excluding carboxylic acids is 1. The Morgan fingerprint density at radius 1 is 0.909 bits per heavy atom. The lowest BCUT2D eigenvalue weighted by molar-refractivity contribution is 0.262. The van der Waals surface area contributed by atoms with Crippen molar-refractivity contribution >= 4 is 28.2 Å². The predicted molar refractivity (Wildman–Crippen MR) is 89.4 cm³/mol. The molecule has 0 aromatic heterocycles. The summed E-state index contributed by atoms with van der Waals surface area (Å²) in [6.45, 7) is 1.94. The van der Waals surface area contributed by atoms with Crippen LogP contribution in [0.15, 0.2) is 60.7 Å². The molecule has 3 rings (SSSR count). The van der Waals surface area contributed by atoms with Crippen LogP contribution in [0.4, 0.5) is 16.2 Å². The van der Waals surface area contributed by atoms with Crippen molar-refractivity contribution in [2.45, 2.75) is 6.92 Å². The summed E-state index contributed by atoms with van der Waals surface area (Å²) in [5, 5.41) is 17.0. The number of carbonyl (C=O) groups is 1. The Kier molecular flexibility index (Phi) is 3.66. The molecule has 3 aromatic rings. The highest BCUT2D eigenvalue weighted by molar-refractivity contribution is 6.06. The molecule has 4 heteroatoms. The largest absolute Gasteiger partial charge is 0.508 e. The number of urea groups is 1. The molecule has 2 amide bonds. The van der Waals surface area contributed by atoms with Crippen molar-refractivity contribution < 1.29 is 9.90 Å². The van der Waals surface area contributed by atoms with Gasteiger partial charge in [0.25, 0.3) is 0 Å². The van der Waals surface area contributed by atoms with Crippen LogP contribution in [-0.4, -0.2) is 11.1 Å². The number of phenolic OH excluding ortho intramolecular Hbond substituents is 1. The Labute approximate surface area is 128 Å². The van der Waals surface area contributed by atoms with Crippen LogP contribution in [0.2, 0.25) is 0 Å². The fourth-order valence-corrected chi connectivity index (χ4v) is 2.36. The van der Waals surface area contributed by atoms with E-state index in [-0.39, 0.29) is 11.8 Å². The number of aryl methyl sites for hydroxylation is 1. The average molecular weight is 292 g/mol. The Morgan fingerprint density at radius 3 is 2.45 bits per heavy atom. The highest BCUT2D eigenvalue weighted by Crippen LogP contribution is 2.27. The van der Waals surface area contributed by atoms with Crippen molar-refractivity contribution in [3.8, 4) is 5.75 Å². The molecular weight excluding hydrogens is 276 g/mol. The minimum atomic E-state index is -0.315. The van der Waals surface area contributed by atoms with E-state index in [1.54, 1.807) is 18.2 Å². The fourth-order valence-electron chi connectivity index (χ4n) is 2.36. The second-order valence-electron chi connectivity index (χ2n) is 5.11. The van der Waals surface area contributed by atoms with Gasteiger partial charge in [-0.2, -0.15) is 0 Å². The van der Waals surface area contributed by atoms with E-state index in [4.69, 9.17) is 0 Å². The number of hydrogen-bond acceptors (Lipinski definition) is 2. The van der Waals surface area contributed by atoms with Gasteiger partial charge in [0.2, 0.25) is 0 Å². The summed E-state index contributed by atoms with van der Waals surface area (Å²) >= 11 is 0. The number of phenols is 1. The van der Waals surface area contributed by atoms with E-state index in [2.05, 4.69) is 10.6 Å². The molecule has 4 nitrogen and oxygen atoms in total. The summed E-state index contributed by atoms with van der Waals surface area (Å²) in [6, 6.07) is 17.9.